The molecule has 28 heavy (non-hydrogen) atoms. The minimum Gasteiger partial charge on any atom is -0.409 e. The molecule has 0 spiro atoms. The largest absolute Gasteiger partial charge is 0.422 e. The van der Waals surface area contributed by atoms with E-state index in [2.05, 4.69) is 34.1 Å². The van der Waals surface area contributed by atoms with Crippen molar-refractivity contribution in [3.63, 3.8) is 0 Å². The first kappa shape index (κ1) is 18.5. The van der Waals surface area contributed by atoms with Gasteiger partial charge in [-0.15, -0.1) is 0 Å². The van der Waals surface area contributed by atoms with Crippen LogP contribution in [0.1, 0.15) is 12.8 Å². The molecule has 0 bridgehead atoms. The van der Waals surface area contributed by atoms with Crippen molar-refractivity contribution >= 4 is 16.7 Å². The zero-order chi connectivity index (χ0) is 19.3. The molecule has 1 saturated heterocycles. The molecule has 6 heteroatoms. The number of hydrogen-bond acceptors (Lipinski definition) is 5. The molecule has 2 aromatic carbocycles. The summed E-state index contributed by atoms with van der Waals surface area (Å²) in [6, 6.07) is 17.4. The van der Waals surface area contributed by atoms with Crippen LogP contribution in [0.3, 0.4) is 0 Å². The van der Waals surface area contributed by atoms with Crippen molar-refractivity contribution in [1.82, 2.24) is 9.47 Å². The summed E-state index contributed by atoms with van der Waals surface area (Å²) >= 11 is 0. The first-order valence-corrected chi connectivity index (χ1v) is 9.87. The van der Waals surface area contributed by atoms with Gasteiger partial charge >= 0.3 is 5.76 Å². The Morgan fingerprint density at radius 1 is 0.786 bits per heavy atom. The Bertz CT molecular complexity index is 1030. The lowest BCUT2D eigenvalue weighted by Gasteiger charge is -2.36. The van der Waals surface area contributed by atoms with Crippen LogP contribution in [0.4, 0.5) is 5.69 Å². The molecule has 146 valence electrons. The molecule has 4 rings (SSSR count). The Kier molecular flexibility index (Phi) is 5.58. The Hall–Kier alpha value is -2.86. The van der Waals surface area contributed by atoms with Crippen molar-refractivity contribution in [2.75, 3.05) is 37.6 Å². The standard InChI is InChI=1S/C22H25N3O3/c26-21-19-10-4-5-11-20(19)28-22(27)25(21)13-7-6-12-23-14-16-24(17-15-23)18-8-2-1-3-9-18/h1-5,8-11H,6-7,12-17H2. The summed E-state index contributed by atoms with van der Waals surface area (Å²) in [7, 11) is 0. The molecular weight excluding hydrogens is 354 g/mol. The van der Waals surface area contributed by atoms with E-state index in [0.29, 0.717) is 17.5 Å². The van der Waals surface area contributed by atoms with Crippen molar-refractivity contribution in [2.24, 2.45) is 0 Å². The second-order valence-electron chi connectivity index (χ2n) is 7.19. The summed E-state index contributed by atoms with van der Waals surface area (Å²) in [4.78, 5) is 29.5. The molecule has 1 aliphatic rings. The quantitative estimate of drug-likeness (QED) is 0.616. The van der Waals surface area contributed by atoms with E-state index in [4.69, 9.17) is 4.42 Å². The van der Waals surface area contributed by atoms with Gasteiger partial charge in [0.2, 0.25) is 0 Å². The van der Waals surface area contributed by atoms with Crippen LogP contribution < -0.4 is 16.2 Å². The fourth-order valence-corrected chi connectivity index (χ4v) is 3.78. The number of para-hydroxylation sites is 2. The molecule has 0 saturated carbocycles. The molecule has 1 fully saturated rings. The summed E-state index contributed by atoms with van der Waals surface area (Å²) in [5.41, 5.74) is 1.37. The molecule has 1 aromatic heterocycles. The number of hydrogen-bond donors (Lipinski definition) is 0. The predicted octanol–water partition coefficient (Wildman–Crippen LogP) is 2.56. The third-order valence-corrected chi connectivity index (χ3v) is 5.38. The average Bonchev–Trinajstić information content (AvgIpc) is 2.74. The Morgan fingerprint density at radius 3 is 2.25 bits per heavy atom. The number of fused-ring (bicyclic) bond motifs is 1. The number of piperazine rings is 1. The molecule has 0 aliphatic carbocycles. The van der Waals surface area contributed by atoms with Gasteiger partial charge in [0.1, 0.15) is 5.58 Å². The van der Waals surface area contributed by atoms with Gasteiger partial charge in [-0.25, -0.2) is 9.36 Å². The van der Waals surface area contributed by atoms with E-state index in [-0.39, 0.29) is 5.56 Å². The highest BCUT2D eigenvalue weighted by Crippen LogP contribution is 2.15. The molecule has 0 unspecified atom stereocenters. The van der Waals surface area contributed by atoms with Crippen molar-refractivity contribution < 1.29 is 4.42 Å². The molecule has 0 amide bonds. The maximum atomic E-state index is 12.5. The Labute approximate surface area is 163 Å². The second kappa shape index (κ2) is 8.44. The number of aromatic nitrogens is 1. The highest BCUT2D eigenvalue weighted by Gasteiger charge is 2.16. The van der Waals surface area contributed by atoms with Crippen molar-refractivity contribution in [2.45, 2.75) is 19.4 Å². The van der Waals surface area contributed by atoms with Gasteiger partial charge in [-0.1, -0.05) is 30.3 Å². The van der Waals surface area contributed by atoms with Gasteiger partial charge < -0.3 is 9.32 Å². The van der Waals surface area contributed by atoms with Crippen molar-refractivity contribution in [3.8, 4) is 0 Å². The fourth-order valence-electron chi connectivity index (χ4n) is 3.78. The topological polar surface area (TPSA) is 58.7 Å². The van der Waals surface area contributed by atoms with E-state index in [9.17, 15) is 9.59 Å². The SMILES string of the molecule is O=c1oc2ccccc2c(=O)n1CCCCN1CCN(c2ccccc2)CC1. The second-order valence-corrected chi connectivity index (χ2v) is 7.19. The van der Waals surface area contributed by atoms with E-state index in [0.717, 1.165) is 45.6 Å². The van der Waals surface area contributed by atoms with E-state index >= 15 is 0 Å². The van der Waals surface area contributed by atoms with Crippen LogP contribution in [-0.4, -0.2) is 42.2 Å². The molecular formula is C22H25N3O3. The van der Waals surface area contributed by atoms with Gasteiger partial charge in [-0.2, -0.15) is 0 Å². The lowest BCUT2D eigenvalue weighted by molar-refractivity contribution is 0.250. The first-order chi connectivity index (χ1) is 13.7. The third-order valence-electron chi connectivity index (χ3n) is 5.38. The van der Waals surface area contributed by atoms with Crippen LogP contribution in [-0.2, 0) is 6.54 Å². The molecule has 6 nitrogen and oxygen atoms in total. The Morgan fingerprint density at radius 2 is 1.46 bits per heavy atom. The highest BCUT2D eigenvalue weighted by molar-refractivity contribution is 5.74. The number of rotatable bonds is 6. The van der Waals surface area contributed by atoms with Crippen LogP contribution in [0.25, 0.3) is 11.0 Å². The van der Waals surface area contributed by atoms with E-state index < -0.39 is 5.76 Å². The van der Waals surface area contributed by atoms with E-state index in [1.807, 2.05) is 6.07 Å². The van der Waals surface area contributed by atoms with Gasteiger partial charge in [0.15, 0.2) is 0 Å². The summed E-state index contributed by atoms with van der Waals surface area (Å²) in [6.07, 6.45) is 1.73. The average molecular weight is 379 g/mol. The normalized spacial score (nSPS) is 15.2. The van der Waals surface area contributed by atoms with Crippen molar-refractivity contribution in [1.29, 1.82) is 0 Å². The number of unbranched alkanes of at least 4 members (excludes halogenated alkanes) is 1. The fraction of sp³-hybridized carbons (Fsp3) is 0.364. The summed E-state index contributed by atoms with van der Waals surface area (Å²) in [5, 5.41) is 0.458. The van der Waals surface area contributed by atoms with Crippen LogP contribution in [0.2, 0.25) is 0 Å². The molecule has 0 atom stereocenters. The van der Waals surface area contributed by atoms with Gasteiger partial charge in [-0.05, 0) is 43.7 Å². The van der Waals surface area contributed by atoms with Gasteiger partial charge in [-0.3, -0.25) is 9.69 Å². The lowest BCUT2D eigenvalue weighted by Crippen LogP contribution is -2.46. The van der Waals surface area contributed by atoms with E-state index in [1.54, 1.807) is 24.3 Å². The molecule has 1 aliphatic heterocycles. The smallest absolute Gasteiger partial charge is 0.409 e. The monoisotopic (exact) mass is 379 g/mol. The van der Waals surface area contributed by atoms with Gasteiger partial charge in [0.25, 0.3) is 5.56 Å². The van der Waals surface area contributed by atoms with E-state index in [1.165, 1.54) is 10.3 Å². The maximum Gasteiger partial charge on any atom is 0.422 e. The highest BCUT2D eigenvalue weighted by atomic mass is 16.4. The Balaban J connectivity index is 1.27. The summed E-state index contributed by atoms with van der Waals surface area (Å²) in [5.74, 6) is -0.569. The molecule has 3 aromatic rings. The minimum absolute atomic E-state index is 0.261. The van der Waals surface area contributed by atoms with Gasteiger partial charge in [0.05, 0.1) is 5.39 Å². The van der Waals surface area contributed by atoms with Crippen LogP contribution in [0.5, 0.6) is 0 Å². The van der Waals surface area contributed by atoms with Gasteiger partial charge in [0, 0.05) is 38.4 Å². The van der Waals surface area contributed by atoms with Crippen LogP contribution in [0.15, 0.2) is 68.6 Å². The number of benzene rings is 2. The molecule has 0 N–H and O–H groups in total. The van der Waals surface area contributed by atoms with Crippen molar-refractivity contribution in [3.05, 3.63) is 75.5 Å². The van der Waals surface area contributed by atoms with Crippen LogP contribution in [0, 0.1) is 0 Å². The minimum atomic E-state index is -0.569. The predicted molar refractivity (Wildman–Crippen MR) is 111 cm³/mol. The number of anilines is 1. The lowest BCUT2D eigenvalue weighted by atomic mass is 10.2. The van der Waals surface area contributed by atoms with Crippen LogP contribution >= 0.6 is 0 Å². The molecule has 2 heterocycles. The first-order valence-electron chi connectivity index (χ1n) is 9.87. The maximum absolute atomic E-state index is 12.5. The zero-order valence-electron chi connectivity index (χ0n) is 15.9. The number of nitrogens with zero attached hydrogens (tertiary/aromatic N) is 3. The summed E-state index contributed by atoms with van der Waals surface area (Å²) < 4.78 is 6.48. The molecule has 0 radical (unpaired) electrons. The summed E-state index contributed by atoms with van der Waals surface area (Å²) in [6.45, 7) is 5.50. The third kappa shape index (κ3) is 4.02. The zero-order valence-corrected chi connectivity index (χ0v) is 15.9.